The molecule has 2 aliphatic rings. The van der Waals surface area contributed by atoms with Crippen LogP contribution in [0.3, 0.4) is 0 Å². The molecule has 0 radical (unpaired) electrons. The van der Waals surface area contributed by atoms with Crippen molar-refractivity contribution in [2.24, 2.45) is 0 Å². The summed E-state index contributed by atoms with van der Waals surface area (Å²) >= 11 is 0. The van der Waals surface area contributed by atoms with E-state index in [0.717, 1.165) is 23.0 Å². The van der Waals surface area contributed by atoms with Gasteiger partial charge < -0.3 is 0 Å². The first-order chi connectivity index (χ1) is 9.81. The van der Waals surface area contributed by atoms with Crippen LogP contribution in [-0.2, 0) is 0 Å². The number of hydrogen-bond donors (Lipinski definition) is 0. The summed E-state index contributed by atoms with van der Waals surface area (Å²) in [7, 11) is 0. The fourth-order valence-electron chi connectivity index (χ4n) is 2.81. The molecule has 0 saturated heterocycles. The van der Waals surface area contributed by atoms with Crippen LogP contribution in [0.1, 0.15) is 64.6 Å². The molecule has 2 aromatic rings. The van der Waals surface area contributed by atoms with E-state index in [1.807, 2.05) is 24.3 Å². The van der Waals surface area contributed by atoms with Crippen LogP contribution in [0.25, 0.3) is 0 Å². The van der Waals surface area contributed by atoms with Crippen molar-refractivity contribution >= 4 is 5.78 Å². The Kier molecular flexibility index (Phi) is 2.73. The fourth-order valence-corrected chi connectivity index (χ4v) is 2.81. The van der Waals surface area contributed by atoms with E-state index >= 15 is 0 Å². The molecule has 2 fully saturated rings. The van der Waals surface area contributed by atoms with Gasteiger partial charge in [0, 0.05) is 11.1 Å². The highest BCUT2D eigenvalue weighted by molar-refractivity contribution is 6.09. The molecule has 0 aromatic heterocycles. The van der Waals surface area contributed by atoms with Crippen LogP contribution in [0.5, 0.6) is 0 Å². The quantitative estimate of drug-likeness (QED) is 0.732. The van der Waals surface area contributed by atoms with Gasteiger partial charge in [-0.2, -0.15) is 0 Å². The molecule has 2 aliphatic carbocycles. The molecule has 0 amide bonds. The second-order valence-corrected chi connectivity index (χ2v) is 6.12. The predicted octanol–water partition coefficient (Wildman–Crippen LogP) is 4.67. The van der Waals surface area contributed by atoms with E-state index in [1.54, 1.807) is 0 Å². The predicted molar refractivity (Wildman–Crippen MR) is 80.3 cm³/mol. The molecule has 1 heteroatoms. The fraction of sp³-hybridized carbons (Fsp3) is 0.316. The molecular weight excluding hydrogens is 244 g/mol. The van der Waals surface area contributed by atoms with Crippen LogP contribution in [0.4, 0.5) is 0 Å². The minimum Gasteiger partial charge on any atom is -0.289 e. The molecule has 2 aromatic carbocycles. The Hall–Kier alpha value is -1.89. The third-order valence-corrected chi connectivity index (χ3v) is 4.44. The van der Waals surface area contributed by atoms with E-state index in [-0.39, 0.29) is 5.78 Å². The SMILES string of the molecule is O=C(c1ccc(C2CC2)cc1)c1ccc(C2CC2)cc1. The number of carbonyl (C=O) groups excluding carboxylic acids is 1. The summed E-state index contributed by atoms with van der Waals surface area (Å²) in [6.45, 7) is 0. The van der Waals surface area contributed by atoms with Gasteiger partial charge in [-0.05, 0) is 48.6 Å². The Morgan fingerprint density at radius 3 is 1.30 bits per heavy atom. The maximum atomic E-state index is 12.4. The lowest BCUT2D eigenvalue weighted by Gasteiger charge is -2.04. The van der Waals surface area contributed by atoms with Crippen LogP contribution in [0, 0.1) is 0 Å². The lowest BCUT2D eigenvalue weighted by molar-refractivity contribution is 0.103. The molecule has 0 aliphatic heterocycles. The van der Waals surface area contributed by atoms with E-state index in [1.165, 1.54) is 36.8 Å². The Morgan fingerprint density at radius 2 is 1.00 bits per heavy atom. The van der Waals surface area contributed by atoms with Gasteiger partial charge in [-0.1, -0.05) is 48.5 Å². The minimum atomic E-state index is 0.134. The van der Waals surface area contributed by atoms with Crippen LogP contribution >= 0.6 is 0 Å². The second kappa shape index (κ2) is 4.59. The molecule has 0 unspecified atom stereocenters. The van der Waals surface area contributed by atoms with E-state index in [2.05, 4.69) is 24.3 Å². The molecule has 1 nitrogen and oxygen atoms in total. The standard InChI is InChI=1S/C19H18O/c20-19(17-9-5-15(6-10-17)13-1-2-13)18-11-7-16(8-12-18)14-3-4-14/h5-14H,1-4H2. The van der Waals surface area contributed by atoms with Crippen LogP contribution in [0.15, 0.2) is 48.5 Å². The first-order valence-electron chi connectivity index (χ1n) is 7.56. The zero-order valence-electron chi connectivity index (χ0n) is 11.5. The summed E-state index contributed by atoms with van der Waals surface area (Å²) in [5, 5.41) is 0. The zero-order chi connectivity index (χ0) is 13.5. The summed E-state index contributed by atoms with van der Waals surface area (Å²) in [4.78, 5) is 12.4. The summed E-state index contributed by atoms with van der Waals surface area (Å²) in [5.74, 6) is 1.63. The van der Waals surface area contributed by atoms with Gasteiger partial charge in [0.15, 0.2) is 5.78 Å². The van der Waals surface area contributed by atoms with Gasteiger partial charge in [0.05, 0.1) is 0 Å². The van der Waals surface area contributed by atoms with E-state index in [0.29, 0.717) is 0 Å². The van der Waals surface area contributed by atoms with Crippen molar-refractivity contribution < 1.29 is 4.79 Å². The topological polar surface area (TPSA) is 17.1 Å². The zero-order valence-corrected chi connectivity index (χ0v) is 11.5. The number of hydrogen-bond acceptors (Lipinski definition) is 1. The van der Waals surface area contributed by atoms with Crippen LogP contribution in [0.2, 0.25) is 0 Å². The molecule has 0 N–H and O–H groups in total. The molecule has 0 bridgehead atoms. The molecule has 20 heavy (non-hydrogen) atoms. The maximum Gasteiger partial charge on any atom is 0.193 e. The van der Waals surface area contributed by atoms with Crippen LogP contribution < -0.4 is 0 Å². The minimum absolute atomic E-state index is 0.134. The van der Waals surface area contributed by atoms with E-state index < -0.39 is 0 Å². The van der Waals surface area contributed by atoms with Crippen LogP contribution in [-0.4, -0.2) is 5.78 Å². The Morgan fingerprint density at radius 1 is 0.650 bits per heavy atom. The van der Waals surface area contributed by atoms with Crippen molar-refractivity contribution in [2.45, 2.75) is 37.5 Å². The molecule has 0 spiro atoms. The van der Waals surface area contributed by atoms with Gasteiger partial charge >= 0.3 is 0 Å². The summed E-state index contributed by atoms with van der Waals surface area (Å²) in [6.07, 6.45) is 5.21. The van der Waals surface area contributed by atoms with Gasteiger partial charge in [0.2, 0.25) is 0 Å². The van der Waals surface area contributed by atoms with Gasteiger partial charge in [-0.15, -0.1) is 0 Å². The van der Waals surface area contributed by atoms with Gasteiger partial charge in [-0.25, -0.2) is 0 Å². The van der Waals surface area contributed by atoms with Gasteiger partial charge in [-0.3, -0.25) is 4.79 Å². The Balaban J connectivity index is 1.55. The van der Waals surface area contributed by atoms with Crippen molar-refractivity contribution in [3.8, 4) is 0 Å². The molecule has 100 valence electrons. The number of carbonyl (C=O) groups is 1. The van der Waals surface area contributed by atoms with Gasteiger partial charge in [0.1, 0.15) is 0 Å². The number of benzene rings is 2. The van der Waals surface area contributed by atoms with E-state index in [4.69, 9.17) is 0 Å². The molecule has 0 atom stereocenters. The second-order valence-electron chi connectivity index (χ2n) is 6.12. The van der Waals surface area contributed by atoms with Crippen molar-refractivity contribution in [2.75, 3.05) is 0 Å². The molecule has 4 rings (SSSR count). The van der Waals surface area contributed by atoms with E-state index in [9.17, 15) is 4.79 Å². The monoisotopic (exact) mass is 262 g/mol. The Bertz CT molecular complexity index is 571. The van der Waals surface area contributed by atoms with Crippen molar-refractivity contribution in [3.63, 3.8) is 0 Å². The summed E-state index contributed by atoms with van der Waals surface area (Å²) < 4.78 is 0. The molecular formula is C19H18O. The number of rotatable bonds is 4. The third-order valence-electron chi connectivity index (χ3n) is 4.44. The highest BCUT2D eigenvalue weighted by Crippen LogP contribution is 2.40. The highest BCUT2D eigenvalue weighted by Gasteiger charge is 2.24. The first-order valence-corrected chi connectivity index (χ1v) is 7.56. The lowest BCUT2D eigenvalue weighted by Crippen LogP contribution is -2.01. The van der Waals surface area contributed by atoms with Gasteiger partial charge in [0.25, 0.3) is 0 Å². The van der Waals surface area contributed by atoms with Crippen molar-refractivity contribution in [1.29, 1.82) is 0 Å². The smallest absolute Gasteiger partial charge is 0.193 e. The van der Waals surface area contributed by atoms with Crippen molar-refractivity contribution in [3.05, 3.63) is 70.8 Å². The molecule has 0 heterocycles. The summed E-state index contributed by atoms with van der Waals surface area (Å²) in [5.41, 5.74) is 4.36. The molecule has 2 saturated carbocycles. The number of ketones is 1. The Labute approximate surface area is 119 Å². The third kappa shape index (κ3) is 2.29. The average Bonchev–Trinajstić information content (AvgIpc) is 3.40. The first kappa shape index (κ1) is 11.9. The summed E-state index contributed by atoms with van der Waals surface area (Å²) in [6, 6.07) is 16.4. The highest BCUT2D eigenvalue weighted by atomic mass is 16.1. The average molecular weight is 262 g/mol. The normalized spacial score (nSPS) is 18.0. The maximum absolute atomic E-state index is 12.4. The van der Waals surface area contributed by atoms with Crippen molar-refractivity contribution in [1.82, 2.24) is 0 Å². The largest absolute Gasteiger partial charge is 0.289 e. The lowest BCUT2D eigenvalue weighted by atomic mass is 9.99.